The lowest BCUT2D eigenvalue weighted by atomic mass is 9.92. The maximum absolute atomic E-state index is 11.7. The zero-order valence-corrected chi connectivity index (χ0v) is 16.3. The molecule has 0 radical (unpaired) electrons. The third kappa shape index (κ3) is 4.37. The second-order valence-electron chi connectivity index (χ2n) is 7.19. The molecule has 3 aromatic rings. The molecule has 6 heteroatoms. The number of nitrogens with two attached hydrogens (primary N) is 1. The summed E-state index contributed by atoms with van der Waals surface area (Å²) in [5.41, 5.74) is 9.88. The second-order valence-corrected chi connectivity index (χ2v) is 7.19. The van der Waals surface area contributed by atoms with Crippen LogP contribution in [0.15, 0.2) is 48.5 Å². The van der Waals surface area contributed by atoms with Gasteiger partial charge in [-0.1, -0.05) is 36.4 Å². The van der Waals surface area contributed by atoms with E-state index in [0.29, 0.717) is 12.1 Å². The number of aliphatic carboxylic acids is 1. The van der Waals surface area contributed by atoms with Gasteiger partial charge in [0, 0.05) is 29.6 Å². The van der Waals surface area contributed by atoms with Crippen LogP contribution in [-0.4, -0.2) is 27.8 Å². The van der Waals surface area contributed by atoms with Crippen LogP contribution in [0.3, 0.4) is 0 Å². The van der Waals surface area contributed by atoms with E-state index in [4.69, 9.17) is 5.73 Å². The lowest BCUT2D eigenvalue weighted by Gasteiger charge is -2.12. The maximum Gasteiger partial charge on any atom is 0.310 e. The van der Waals surface area contributed by atoms with E-state index in [1.54, 1.807) is 6.07 Å². The van der Waals surface area contributed by atoms with Crippen molar-refractivity contribution in [2.24, 2.45) is 5.73 Å². The molecular weight excluding hydrogens is 368 g/mol. The third-order valence-corrected chi connectivity index (χ3v) is 5.29. The van der Waals surface area contributed by atoms with Crippen molar-refractivity contribution in [3.8, 4) is 0 Å². The Kier molecular flexibility index (Phi) is 6.12. The molecule has 0 aliphatic rings. The van der Waals surface area contributed by atoms with Crippen molar-refractivity contribution in [1.82, 2.24) is 4.57 Å². The van der Waals surface area contributed by atoms with E-state index in [9.17, 15) is 19.5 Å². The van der Waals surface area contributed by atoms with Crippen LogP contribution in [0.4, 0.5) is 0 Å². The van der Waals surface area contributed by atoms with Gasteiger partial charge in [0.1, 0.15) is 6.29 Å². The van der Waals surface area contributed by atoms with E-state index in [1.807, 2.05) is 49.4 Å². The van der Waals surface area contributed by atoms with E-state index in [2.05, 4.69) is 4.57 Å². The first-order valence-corrected chi connectivity index (χ1v) is 9.52. The summed E-state index contributed by atoms with van der Waals surface area (Å²) in [6, 6.07) is 15.5. The number of aldehydes is 1. The monoisotopic (exact) mass is 392 g/mol. The number of carboxylic acids is 1. The fourth-order valence-corrected chi connectivity index (χ4v) is 3.82. The van der Waals surface area contributed by atoms with Crippen LogP contribution >= 0.6 is 0 Å². The number of benzene rings is 2. The Labute approximate surface area is 168 Å². The number of amides is 1. The van der Waals surface area contributed by atoms with Crippen LogP contribution in [0, 0.1) is 6.92 Å². The predicted molar refractivity (Wildman–Crippen MR) is 111 cm³/mol. The number of aromatic nitrogens is 1. The fourth-order valence-electron chi connectivity index (χ4n) is 3.82. The van der Waals surface area contributed by atoms with Gasteiger partial charge in [-0.25, -0.2) is 0 Å². The average Bonchev–Trinajstić information content (AvgIpc) is 2.94. The quantitative estimate of drug-likeness (QED) is 0.546. The molecular formula is C23H24N2O4. The van der Waals surface area contributed by atoms with Gasteiger partial charge in [-0.15, -0.1) is 0 Å². The minimum absolute atomic E-state index is 0.0830. The summed E-state index contributed by atoms with van der Waals surface area (Å²) in [5.74, 6) is -2.18. The van der Waals surface area contributed by atoms with Gasteiger partial charge >= 0.3 is 5.97 Å². The van der Waals surface area contributed by atoms with Crippen LogP contribution in [0.2, 0.25) is 0 Å². The zero-order chi connectivity index (χ0) is 21.0. The van der Waals surface area contributed by atoms with Crippen LogP contribution in [0.25, 0.3) is 10.9 Å². The van der Waals surface area contributed by atoms with Crippen molar-refractivity contribution >= 4 is 29.1 Å². The number of nitrogens with zero attached hydrogens (tertiary/aromatic N) is 1. The molecule has 0 saturated carbocycles. The van der Waals surface area contributed by atoms with E-state index in [-0.39, 0.29) is 19.3 Å². The van der Waals surface area contributed by atoms with E-state index in [0.717, 1.165) is 34.0 Å². The van der Waals surface area contributed by atoms with Gasteiger partial charge < -0.3 is 20.2 Å². The molecule has 2 aromatic carbocycles. The molecule has 1 amide bonds. The highest BCUT2D eigenvalue weighted by molar-refractivity contribution is 5.91. The molecule has 3 rings (SSSR count). The highest BCUT2D eigenvalue weighted by atomic mass is 16.4. The van der Waals surface area contributed by atoms with Gasteiger partial charge in [-0.05, 0) is 42.2 Å². The minimum Gasteiger partial charge on any atom is -0.481 e. The molecule has 0 bridgehead atoms. The van der Waals surface area contributed by atoms with Gasteiger partial charge in [0.15, 0.2) is 0 Å². The zero-order valence-electron chi connectivity index (χ0n) is 16.3. The summed E-state index contributed by atoms with van der Waals surface area (Å²) in [5, 5.41) is 10.4. The Morgan fingerprint density at radius 1 is 1.17 bits per heavy atom. The molecule has 29 heavy (non-hydrogen) atoms. The second kappa shape index (κ2) is 8.73. The van der Waals surface area contributed by atoms with E-state index < -0.39 is 17.8 Å². The molecule has 0 fully saturated rings. The molecule has 0 aliphatic carbocycles. The number of primary amides is 1. The Hall–Kier alpha value is -3.41. The standard InChI is InChI=1S/C23H24N2O4/c1-15-19(13-22(24)27)20-12-17(18(23(28)29)8-5-11-26)9-10-21(20)25(15)14-16-6-3-2-4-7-16/h2-4,6-7,9-12,18H,5,8,13-14H2,1H3,(H2,24,27)(H,28,29). The fraction of sp³-hybridized carbons (Fsp3) is 0.261. The lowest BCUT2D eigenvalue weighted by molar-refractivity contribution is -0.139. The van der Waals surface area contributed by atoms with Crippen LogP contribution in [0.1, 0.15) is 41.1 Å². The van der Waals surface area contributed by atoms with Gasteiger partial charge in [0.2, 0.25) is 5.91 Å². The number of carboxylic acid groups (broad SMARTS) is 1. The molecule has 6 nitrogen and oxygen atoms in total. The molecule has 150 valence electrons. The normalized spacial score (nSPS) is 12.0. The SMILES string of the molecule is Cc1c(CC(N)=O)c2cc(C(CCC=O)C(=O)O)ccc2n1Cc1ccccc1. The van der Waals surface area contributed by atoms with Crippen LogP contribution < -0.4 is 5.73 Å². The number of hydrogen-bond acceptors (Lipinski definition) is 3. The third-order valence-electron chi connectivity index (χ3n) is 5.29. The van der Waals surface area contributed by atoms with Gasteiger partial charge in [-0.3, -0.25) is 9.59 Å². The smallest absolute Gasteiger partial charge is 0.310 e. The van der Waals surface area contributed by atoms with Crippen molar-refractivity contribution in [3.63, 3.8) is 0 Å². The van der Waals surface area contributed by atoms with Gasteiger partial charge in [0.25, 0.3) is 0 Å². The van der Waals surface area contributed by atoms with Crippen molar-refractivity contribution < 1.29 is 19.5 Å². The molecule has 1 heterocycles. The van der Waals surface area contributed by atoms with Crippen molar-refractivity contribution in [2.45, 2.75) is 38.6 Å². The summed E-state index contributed by atoms with van der Waals surface area (Å²) >= 11 is 0. The van der Waals surface area contributed by atoms with Crippen molar-refractivity contribution in [1.29, 1.82) is 0 Å². The topological polar surface area (TPSA) is 102 Å². The summed E-state index contributed by atoms with van der Waals surface area (Å²) in [6.45, 7) is 2.58. The molecule has 1 aromatic heterocycles. The van der Waals surface area contributed by atoms with E-state index in [1.165, 1.54) is 0 Å². The molecule has 1 unspecified atom stereocenters. The lowest BCUT2D eigenvalue weighted by Crippen LogP contribution is -2.14. The molecule has 0 aliphatic heterocycles. The first kappa shape index (κ1) is 20.3. The Morgan fingerprint density at radius 3 is 2.52 bits per heavy atom. The van der Waals surface area contributed by atoms with Crippen LogP contribution in [0.5, 0.6) is 0 Å². The minimum atomic E-state index is -0.969. The highest BCUT2D eigenvalue weighted by Crippen LogP contribution is 2.32. The first-order chi connectivity index (χ1) is 13.9. The van der Waals surface area contributed by atoms with Crippen LogP contribution in [-0.2, 0) is 27.3 Å². The maximum atomic E-state index is 11.7. The highest BCUT2D eigenvalue weighted by Gasteiger charge is 2.22. The van der Waals surface area contributed by atoms with Gasteiger partial charge in [0.05, 0.1) is 12.3 Å². The summed E-state index contributed by atoms with van der Waals surface area (Å²) in [6.07, 6.45) is 1.23. The number of hydrogen-bond donors (Lipinski definition) is 2. The Morgan fingerprint density at radius 2 is 1.90 bits per heavy atom. The average molecular weight is 392 g/mol. The Balaban J connectivity index is 2.13. The summed E-state index contributed by atoms with van der Waals surface area (Å²) in [4.78, 5) is 34.1. The molecule has 3 N–H and O–H groups in total. The largest absolute Gasteiger partial charge is 0.481 e. The summed E-state index contributed by atoms with van der Waals surface area (Å²) in [7, 11) is 0. The number of carbonyl (C=O) groups is 3. The number of rotatable bonds is 9. The van der Waals surface area contributed by atoms with E-state index >= 15 is 0 Å². The predicted octanol–water partition coefficient (Wildman–Crippen LogP) is 3.17. The molecule has 1 atom stereocenters. The van der Waals surface area contributed by atoms with Gasteiger partial charge in [-0.2, -0.15) is 0 Å². The van der Waals surface area contributed by atoms with Crippen molar-refractivity contribution in [2.75, 3.05) is 0 Å². The first-order valence-electron chi connectivity index (χ1n) is 9.52. The summed E-state index contributed by atoms with van der Waals surface area (Å²) < 4.78 is 2.12. The molecule has 0 spiro atoms. The number of carbonyl (C=O) groups excluding carboxylic acids is 2. The molecule has 0 saturated heterocycles. The Bertz CT molecular complexity index is 1050. The van der Waals surface area contributed by atoms with Crippen molar-refractivity contribution in [3.05, 3.63) is 70.9 Å². The number of fused-ring (bicyclic) bond motifs is 1.